The van der Waals surface area contributed by atoms with Gasteiger partial charge in [-0.15, -0.1) is 0 Å². The molecule has 0 radical (unpaired) electrons. The van der Waals surface area contributed by atoms with E-state index in [1.807, 2.05) is 55.5 Å². The van der Waals surface area contributed by atoms with Crippen LogP contribution in [0.25, 0.3) is 22.4 Å². The predicted molar refractivity (Wildman–Crippen MR) is 110 cm³/mol. The van der Waals surface area contributed by atoms with Gasteiger partial charge in [-0.2, -0.15) is 5.26 Å². The fraction of sp³-hybridized carbons (Fsp3) is 0.143. The van der Waals surface area contributed by atoms with E-state index in [0.29, 0.717) is 34.9 Å². The van der Waals surface area contributed by atoms with Gasteiger partial charge in [0.05, 0.1) is 19.4 Å². The van der Waals surface area contributed by atoms with E-state index in [1.165, 1.54) is 0 Å². The molecule has 0 aliphatic carbocycles. The highest BCUT2D eigenvalue weighted by Gasteiger charge is 2.16. The monoisotopic (exact) mass is 423 g/mol. The van der Waals surface area contributed by atoms with Gasteiger partial charge in [-0.05, 0) is 36.8 Å². The zero-order valence-corrected chi connectivity index (χ0v) is 16.6. The summed E-state index contributed by atoms with van der Waals surface area (Å²) in [7, 11) is 1.58. The van der Waals surface area contributed by atoms with Gasteiger partial charge >= 0.3 is 0 Å². The Morgan fingerprint density at radius 2 is 1.89 bits per heavy atom. The van der Waals surface area contributed by atoms with Crippen LogP contribution in [0.4, 0.5) is 5.82 Å². The third-order valence-corrected chi connectivity index (χ3v) is 4.78. The third-order valence-electron chi connectivity index (χ3n) is 4.08. The molecule has 3 rings (SSSR count). The standard InChI is InChI=1S/C21H18BrN3O2/c1-3-27-19-9-8-13(10-20(19)26-2)15-11-18(25-21(24)16(15)12-23)14-6-4-5-7-17(14)22/h4-11H,3H2,1-2H3,(H2,24,25). The summed E-state index contributed by atoms with van der Waals surface area (Å²) < 4.78 is 11.9. The number of anilines is 1. The molecule has 0 fully saturated rings. The van der Waals surface area contributed by atoms with E-state index in [2.05, 4.69) is 27.0 Å². The van der Waals surface area contributed by atoms with Gasteiger partial charge in [0.15, 0.2) is 11.5 Å². The first-order chi connectivity index (χ1) is 13.1. The van der Waals surface area contributed by atoms with E-state index >= 15 is 0 Å². The lowest BCUT2D eigenvalue weighted by Crippen LogP contribution is -2.01. The van der Waals surface area contributed by atoms with Crippen LogP contribution in [0.3, 0.4) is 0 Å². The molecule has 6 heteroatoms. The lowest BCUT2D eigenvalue weighted by atomic mass is 9.98. The summed E-state index contributed by atoms with van der Waals surface area (Å²) in [6.07, 6.45) is 0. The summed E-state index contributed by atoms with van der Waals surface area (Å²) >= 11 is 3.54. The Kier molecular flexibility index (Phi) is 5.63. The van der Waals surface area contributed by atoms with E-state index in [0.717, 1.165) is 15.6 Å². The SMILES string of the molecule is CCOc1ccc(-c2cc(-c3ccccc3Br)nc(N)c2C#N)cc1OC. The van der Waals surface area contributed by atoms with Crippen molar-refractivity contribution in [2.75, 3.05) is 19.5 Å². The van der Waals surface area contributed by atoms with Crippen molar-refractivity contribution in [2.24, 2.45) is 0 Å². The molecule has 0 bridgehead atoms. The summed E-state index contributed by atoms with van der Waals surface area (Å²) in [5.74, 6) is 1.43. The van der Waals surface area contributed by atoms with Crippen LogP contribution in [0.5, 0.6) is 11.5 Å². The molecule has 0 amide bonds. The molecule has 1 aromatic heterocycles. The van der Waals surface area contributed by atoms with E-state index < -0.39 is 0 Å². The minimum absolute atomic E-state index is 0.189. The van der Waals surface area contributed by atoms with Crippen LogP contribution in [-0.4, -0.2) is 18.7 Å². The smallest absolute Gasteiger partial charge is 0.161 e. The number of hydrogen-bond donors (Lipinski definition) is 1. The number of rotatable bonds is 5. The highest BCUT2D eigenvalue weighted by molar-refractivity contribution is 9.10. The number of nitriles is 1. The van der Waals surface area contributed by atoms with Gasteiger partial charge < -0.3 is 15.2 Å². The topological polar surface area (TPSA) is 81.2 Å². The molecular formula is C21H18BrN3O2. The number of ether oxygens (including phenoxy) is 2. The fourth-order valence-corrected chi connectivity index (χ4v) is 3.31. The minimum Gasteiger partial charge on any atom is -0.493 e. The van der Waals surface area contributed by atoms with Gasteiger partial charge in [-0.3, -0.25) is 0 Å². The number of nitrogen functional groups attached to an aromatic ring is 1. The predicted octanol–water partition coefficient (Wildman–Crippen LogP) is 5.04. The van der Waals surface area contributed by atoms with Crippen LogP contribution < -0.4 is 15.2 Å². The zero-order valence-electron chi connectivity index (χ0n) is 15.0. The molecule has 0 aliphatic heterocycles. The highest BCUT2D eigenvalue weighted by Crippen LogP contribution is 2.37. The maximum absolute atomic E-state index is 9.61. The second-order valence-corrected chi connectivity index (χ2v) is 6.56. The molecule has 136 valence electrons. The number of pyridine rings is 1. The van der Waals surface area contributed by atoms with Crippen LogP contribution in [0.15, 0.2) is 53.0 Å². The van der Waals surface area contributed by atoms with Crippen LogP contribution in [0.1, 0.15) is 12.5 Å². The molecule has 0 atom stereocenters. The van der Waals surface area contributed by atoms with E-state index in [-0.39, 0.29) is 5.82 Å². The summed E-state index contributed by atoms with van der Waals surface area (Å²) in [6.45, 7) is 2.45. The number of halogens is 1. The second kappa shape index (κ2) is 8.11. The van der Waals surface area contributed by atoms with Crippen LogP contribution in [0.2, 0.25) is 0 Å². The Labute approximate surface area is 166 Å². The summed E-state index contributed by atoms with van der Waals surface area (Å²) in [6, 6.07) is 17.3. The fourth-order valence-electron chi connectivity index (χ4n) is 2.83. The Morgan fingerprint density at radius 3 is 2.56 bits per heavy atom. The normalized spacial score (nSPS) is 10.3. The van der Waals surface area contributed by atoms with Gasteiger partial charge in [0, 0.05) is 15.6 Å². The Bertz CT molecular complexity index is 1030. The van der Waals surface area contributed by atoms with Crippen LogP contribution in [0, 0.1) is 11.3 Å². The third kappa shape index (κ3) is 3.74. The molecule has 0 saturated heterocycles. The van der Waals surface area contributed by atoms with Gasteiger partial charge in [0.2, 0.25) is 0 Å². The largest absolute Gasteiger partial charge is 0.493 e. The molecule has 0 saturated carbocycles. The lowest BCUT2D eigenvalue weighted by molar-refractivity contribution is 0.311. The summed E-state index contributed by atoms with van der Waals surface area (Å²) in [5.41, 5.74) is 9.50. The second-order valence-electron chi connectivity index (χ2n) is 5.71. The van der Waals surface area contributed by atoms with Crippen molar-refractivity contribution in [1.29, 1.82) is 5.26 Å². The molecule has 0 aliphatic rings. The van der Waals surface area contributed by atoms with Crippen molar-refractivity contribution in [3.05, 3.63) is 58.6 Å². The molecule has 2 aromatic carbocycles. The van der Waals surface area contributed by atoms with Crippen molar-refractivity contribution in [2.45, 2.75) is 6.92 Å². The Hall–Kier alpha value is -3.04. The number of nitrogens with zero attached hydrogens (tertiary/aromatic N) is 2. The van der Waals surface area contributed by atoms with Crippen molar-refractivity contribution in [3.63, 3.8) is 0 Å². The first kappa shape index (κ1) is 18.7. The molecular weight excluding hydrogens is 406 g/mol. The van der Waals surface area contributed by atoms with Crippen LogP contribution >= 0.6 is 15.9 Å². The first-order valence-electron chi connectivity index (χ1n) is 8.35. The lowest BCUT2D eigenvalue weighted by Gasteiger charge is -2.14. The summed E-state index contributed by atoms with van der Waals surface area (Å²) in [5, 5.41) is 9.61. The molecule has 27 heavy (non-hydrogen) atoms. The van der Waals surface area contributed by atoms with Crippen molar-refractivity contribution in [3.8, 4) is 40.0 Å². The maximum atomic E-state index is 9.61. The minimum atomic E-state index is 0.189. The molecule has 2 N–H and O–H groups in total. The average Bonchev–Trinajstić information content (AvgIpc) is 2.68. The molecule has 5 nitrogen and oxygen atoms in total. The van der Waals surface area contributed by atoms with Crippen molar-refractivity contribution < 1.29 is 9.47 Å². The van der Waals surface area contributed by atoms with E-state index in [1.54, 1.807) is 7.11 Å². The van der Waals surface area contributed by atoms with Gasteiger partial charge in [0.25, 0.3) is 0 Å². The van der Waals surface area contributed by atoms with Crippen molar-refractivity contribution in [1.82, 2.24) is 4.98 Å². The number of hydrogen-bond acceptors (Lipinski definition) is 5. The first-order valence-corrected chi connectivity index (χ1v) is 9.15. The highest BCUT2D eigenvalue weighted by atomic mass is 79.9. The van der Waals surface area contributed by atoms with Gasteiger partial charge in [-0.25, -0.2) is 4.98 Å². The Balaban J connectivity index is 2.20. The maximum Gasteiger partial charge on any atom is 0.161 e. The number of benzene rings is 2. The molecule has 0 unspecified atom stereocenters. The zero-order chi connectivity index (χ0) is 19.4. The summed E-state index contributed by atoms with van der Waals surface area (Å²) in [4.78, 5) is 4.42. The molecule has 3 aromatic rings. The molecule has 1 heterocycles. The quantitative estimate of drug-likeness (QED) is 0.621. The number of nitrogens with two attached hydrogens (primary N) is 1. The van der Waals surface area contributed by atoms with Gasteiger partial charge in [0.1, 0.15) is 17.5 Å². The Morgan fingerprint density at radius 1 is 1.11 bits per heavy atom. The van der Waals surface area contributed by atoms with Crippen LogP contribution in [-0.2, 0) is 0 Å². The van der Waals surface area contributed by atoms with E-state index in [4.69, 9.17) is 15.2 Å². The number of methoxy groups -OCH3 is 1. The number of aromatic nitrogens is 1. The average molecular weight is 424 g/mol. The van der Waals surface area contributed by atoms with Gasteiger partial charge in [-0.1, -0.05) is 40.2 Å². The van der Waals surface area contributed by atoms with E-state index in [9.17, 15) is 5.26 Å². The van der Waals surface area contributed by atoms with Crippen molar-refractivity contribution >= 4 is 21.7 Å². The molecule has 0 spiro atoms.